The van der Waals surface area contributed by atoms with Crippen molar-refractivity contribution in [2.75, 3.05) is 11.9 Å². The van der Waals surface area contributed by atoms with Crippen LogP contribution in [0.15, 0.2) is 34.9 Å². The average Bonchev–Trinajstić information content (AvgIpc) is 3.18. The first-order valence-corrected chi connectivity index (χ1v) is 9.03. The fraction of sp³-hybridized carbons (Fsp3) is 0.350. The molecule has 0 atom stereocenters. The van der Waals surface area contributed by atoms with Gasteiger partial charge in [-0.3, -0.25) is 9.59 Å². The van der Waals surface area contributed by atoms with E-state index in [1.54, 1.807) is 12.1 Å². The summed E-state index contributed by atoms with van der Waals surface area (Å²) in [4.78, 5) is 24.8. The van der Waals surface area contributed by atoms with Gasteiger partial charge in [0.05, 0.1) is 0 Å². The normalized spacial score (nSPS) is 14.6. The Hall–Kier alpha value is -3.09. The van der Waals surface area contributed by atoms with Gasteiger partial charge in [-0.05, 0) is 24.6 Å². The molecule has 27 heavy (non-hydrogen) atoms. The van der Waals surface area contributed by atoms with E-state index >= 15 is 0 Å². The van der Waals surface area contributed by atoms with Crippen molar-refractivity contribution >= 4 is 28.5 Å². The monoisotopic (exact) mass is 366 g/mol. The lowest BCUT2D eigenvalue weighted by Crippen LogP contribution is -2.22. The Balaban J connectivity index is 1.63. The molecule has 1 aliphatic heterocycles. The zero-order valence-electron chi connectivity index (χ0n) is 15.6. The van der Waals surface area contributed by atoms with Gasteiger partial charge in [-0.15, -0.1) is 0 Å². The second kappa shape index (κ2) is 6.26. The molecule has 0 unspecified atom stereocenters. The van der Waals surface area contributed by atoms with Crippen molar-refractivity contribution in [3.8, 4) is 0 Å². The van der Waals surface area contributed by atoms with E-state index in [0.29, 0.717) is 29.4 Å². The molecule has 4 rings (SSSR count). The Bertz CT molecular complexity index is 1040. The first-order chi connectivity index (χ1) is 12.8. The van der Waals surface area contributed by atoms with Gasteiger partial charge in [-0.2, -0.15) is 0 Å². The van der Waals surface area contributed by atoms with Crippen LogP contribution in [0.4, 0.5) is 5.82 Å². The molecule has 2 aromatic heterocycles. The van der Waals surface area contributed by atoms with Gasteiger partial charge in [-0.1, -0.05) is 32.0 Å². The summed E-state index contributed by atoms with van der Waals surface area (Å²) >= 11 is 0. The molecule has 0 fully saturated rings. The number of nitrogens with one attached hydrogen (secondary N) is 2. The molecule has 0 aliphatic carbocycles. The highest BCUT2D eigenvalue weighted by molar-refractivity contribution is 6.07. The standard InChI is InChI=1S/C20H22N4O3/c1-20(2,3)16-11-17(23-27-16)22-18(25)13-6-5-12-9-15-19(26)21-7-4-8-24(15)14(12)10-13/h5-6,9-11H,4,7-8H2,1-3H3,(H,21,26)(H,22,23,25). The van der Waals surface area contributed by atoms with E-state index in [-0.39, 0.29) is 17.2 Å². The molecule has 7 nitrogen and oxygen atoms in total. The van der Waals surface area contributed by atoms with Gasteiger partial charge in [0.15, 0.2) is 5.82 Å². The summed E-state index contributed by atoms with van der Waals surface area (Å²) in [6.45, 7) is 7.44. The number of rotatable bonds is 2. The molecule has 0 bridgehead atoms. The third-order valence-corrected chi connectivity index (χ3v) is 4.73. The maximum absolute atomic E-state index is 12.7. The highest BCUT2D eigenvalue weighted by atomic mass is 16.5. The minimum atomic E-state index is -0.265. The van der Waals surface area contributed by atoms with Crippen molar-refractivity contribution in [1.82, 2.24) is 15.0 Å². The number of nitrogens with zero attached hydrogens (tertiary/aromatic N) is 2. The highest BCUT2D eigenvalue weighted by Gasteiger charge is 2.22. The highest BCUT2D eigenvalue weighted by Crippen LogP contribution is 2.26. The van der Waals surface area contributed by atoms with Crippen molar-refractivity contribution in [3.05, 3.63) is 47.3 Å². The largest absolute Gasteiger partial charge is 0.359 e. The molecular weight excluding hydrogens is 344 g/mol. The van der Waals surface area contributed by atoms with Crippen LogP contribution in [0.1, 0.15) is 53.8 Å². The number of anilines is 1. The predicted molar refractivity (Wildman–Crippen MR) is 102 cm³/mol. The summed E-state index contributed by atoms with van der Waals surface area (Å²) in [5.41, 5.74) is 1.84. The van der Waals surface area contributed by atoms with Crippen molar-refractivity contribution in [3.63, 3.8) is 0 Å². The minimum Gasteiger partial charge on any atom is -0.359 e. The van der Waals surface area contributed by atoms with Crippen LogP contribution in [0.25, 0.3) is 10.9 Å². The second-order valence-electron chi connectivity index (χ2n) is 7.84. The number of benzene rings is 1. The summed E-state index contributed by atoms with van der Waals surface area (Å²) in [5.74, 6) is 0.751. The van der Waals surface area contributed by atoms with E-state index in [0.717, 1.165) is 23.9 Å². The lowest BCUT2D eigenvalue weighted by atomic mass is 9.93. The molecule has 7 heteroatoms. The Morgan fingerprint density at radius 1 is 1.26 bits per heavy atom. The minimum absolute atomic E-state index is 0.0768. The van der Waals surface area contributed by atoms with E-state index in [9.17, 15) is 9.59 Å². The molecule has 0 saturated heterocycles. The van der Waals surface area contributed by atoms with Crippen LogP contribution in [0.2, 0.25) is 0 Å². The van der Waals surface area contributed by atoms with Gasteiger partial charge in [0.25, 0.3) is 11.8 Å². The summed E-state index contributed by atoms with van der Waals surface area (Å²) < 4.78 is 7.28. The Morgan fingerprint density at radius 3 is 2.81 bits per heavy atom. The predicted octanol–water partition coefficient (Wildman–Crippen LogP) is 3.31. The average molecular weight is 366 g/mol. The number of hydrogen-bond donors (Lipinski definition) is 2. The maximum atomic E-state index is 12.7. The lowest BCUT2D eigenvalue weighted by Gasteiger charge is -2.12. The number of fused-ring (bicyclic) bond motifs is 3. The van der Waals surface area contributed by atoms with E-state index < -0.39 is 0 Å². The fourth-order valence-electron chi connectivity index (χ4n) is 3.23. The number of carbonyl (C=O) groups excluding carboxylic acids is 2. The van der Waals surface area contributed by atoms with Crippen molar-refractivity contribution in [2.24, 2.45) is 0 Å². The number of aryl methyl sites for hydroxylation is 1. The van der Waals surface area contributed by atoms with Gasteiger partial charge < -0.3 is 19.7 Å². The molecule has 3 aromatic rings. The summed E-state index contributed by atoms with van der Waals surface area (Å²) in [7, 11) is 0. The topological polar surface area (TPSA) is 89.2 Å². The van der Waals surface area contributed by atoms with Crippen LogP contribution in [0.3, 0.4) is 0 Å². The smallest absolute Gasteiger partial charge is 0.267 e. The van der Waals surface area contributed by atoms with Crippen molar-refractivity contribution in [2.45, 2.75) is 39.2 Å². The Kier molecular flexibility index (Phi) is 4.02. The van der Waals surface area contributed by atoms with Gasteiger partial charge in [-0.25, -0.2) is 0 Å². The third kappa shape index (κ3) is 3.20. The number of carbonyl (C=O) groups is 2. The SMILES string of the molecule is CC(C)(C)c1cc(NC(=O)c2ccc3cc4n(c3c2)CCCNC4=O)no1. The first kappa shape index (κ1) is 17.3. The van der Waals surface area contributed by atoms with Gasteiger partial charge in [0.1, 0.15) is 11.5 Å². The molecule has 0 radical (unpaired) electrons. The van der Waals surface area contributed by atoms with Gasteiger partial charge >= 0.3 is 0 Å². The van der Waals surface area contributed by atoms with Crippen LogP contribution in [-0.4, -0.2) is 28.1 Å². The summed E-state index contributed by atoms with van der Waals surface area (Å²) in [6, 6.07) is 9.04. The zero-order chi connectivity index (χ0) is 19.2. The summed E-state index contributed by atoms with van der Waals surface area (Å²) in [6.07, 6.45) is 0.855. The molecule has 0 saturated carbocycles. The van der Waals surface area contributed by atoms with Gasteiger partial charge in [0.2, 0.25) is 0 Å². The van der Waals surface area contributed by atoms with E-state index in [2.05, 4.69) is 15.8 Å². The lowest BCUT2D eigenvalue weighted by molar-refractivity contribution is 0.0950. The Morgan fingerprint density at radius 2 is 2.07 bits per heavy atom. The molecule has 2 N–H and O–H groups in total. The van der Waals surface area contributed by atoms with Gasteiger partial charge in [0, 0.05) is 41.0 Å². The van der Waals surface area contributed by atoms with Crippen molar-refractivity contribution < 1.29 is 14.1 Å². The fourth-order valence-corrected chi connectivity index (χ4v) is 3.23. The zero-order valence-corrected chi connectivity index (χ0v) is 15.6. The van der Waals surface area contributed by atoms with Crippen LogP contribution >= 0.6 is 0 Å². The molecule has 0 spiro atoms. The molecular formula is C20H22N4O3. The van der Waals surface area contributed by atoms with Crippen molar-refractivity contribution in [1.29, 1.82) is 0 Å². The molecule has 2 amide bonds. The van der Waals surface area contributed by atoms with E-state index in [1.165, 1.54) is 0 Å². The molecule has 3 heterocycles. The number of amides is 2. The maximum Gasteiger partial charge on any atom is 0.267 e. The van der Waals surface area contributed by atoms with E-state index in [1.807, 2.05) is 43.5 Å². The molecule has 140 valence electrons. The quantitative estimate of drug-likeness (QED) is 0.728. The number of hydrogen-bond acceptors (Lipinski definition) is 4. The number of aromatic nitrogens is 2. The molecule has 1 aliphatic rings. The van der Waals surface area contributed by atoms with Crippen LogP contribution in [-0.2, 0) is 12.0 Å². The van der Waals surface area contributed by atoms with Crippen LogP contribution in [0.5, 0.6) is 0 Å². The molecule has 1 aromatic carbocycles. The first-order valence-electron chi connectivity index (χ1n) is 9.03. The second-order valence-corrected chi connectivity index (χ2v) is 7.84. The third-order valence-electron chi connectivity index (χ3n) is 4.73. The van der Waals surface area contributed by atoms with Crippen LogP contribution in [0, 0.1) is 0 Å². The Labute approximate surface area is 156 Å². The summed E-state index contributed by atoms with van der Waals surface area (Å²) in [5, 5.41) is 10.5. The van der Waals surface area contributed by atoms with E-state index in [4.69, 9.17) is 4.52 Å². The van der Waals surface area contributed by atoms with Crippen LogP contribution < -0.4 is 10.6 Å².